The highest BCUT2D eigenvalue weighted by atomic mass is 16.6. The Morgan fingerprint density at radius 1 is 1.29 bits per heavy atom. The van der Waals surface area contributed by atoms with Gasteiger partial charge in [-0.3, -0.25) is 0 Å². The Kier molecular flexibility index (Phi) is 3.10. The molecule has 0 bridgehead atoms. The second kappa shape index (κ2) is 4.17. The van der Waals surface area contributed by atoms with Gasteiger partial charge in [0.05, 0.1) is 12.7 Å². The van der Waals surface area contributed by atoms with Gasteiger partial charge in [0.15, 0.2) is 0 Å². The van der Waals surface area contributed by atoms with Crippen molar-refractivity contribution in [2.75, 3.05) is 13.2 Å². The predicted octanol–water partition coefficient (Wildman–Crippen LogP) is 1.88. The molecule has 2 atom stereocenters. The van der Waals surface area contributed by atoms with Crippen molar-refractivity contribution in [1.29, 1.82) is 0 Å². The zero-order valence-corrected chi connectivity index (χ0v) is 9.21. The lowest BCUT2D eigenvalue weighted by molar-refractivity contribution is -0.202. The highest BCUT2D eigenvalue weighted by molar-refractivity contribution is 5.11. The van der Waals surface area contributed by atoms with Crippen molar-refractivity contribution in [3.05, 3.63) is 0 Å². The lowest BCUT2D eigenvalue weighted by Crippen LogP contribution is -2.66. The molecule has 0 radical (unpaired) electrons. The molecular formula is C11H21NO2. The topological polar surface area (TPSA) is 30.5 Å². The molecule has 1 N–H and O–H groups in total. The number of hydroxylamine groups is 1. The van der Waals surface area contributed by atoms with Crippen LogP contribution in [0.15, 0.2) is 0 Å². The Hall–Kier alpha value is -0.120. The third-order valence-corrected chi connectivity index (χ3v) is 3.81. The fraction of sp³-hybridized carbons (Fsp3) is 1.00. The molecule has 0 heterocycles. The molecule has 82 valence electrons. The molecule has 2 aliphatic carbocycles. The molecule has 14 heavy (non-hydrogen) atoms. The van der Waals surface area contributed by atoms with Crippen LogP contribution in [-0.4, -0.2) is 25.4 Å². The fourth-order valence-corrected chi connectivity index (χ4v) is 2.79. The number of ether oxygens (including phenoxy) is 1. The summed E-state index contributed by atoms with van der Waals surface area (Å²) >= 11 is 0. The molecule has 0 aliphatic heterocycles. The molecule has 0 aromatic rings. The van der Waals surface area contributed by atoms with Crippen molar-refractivity contribution in [1.82, 2.24) is 5.48 Å². The first-order valence-electron chi connectivity index (χ1n) is 5.82. The summed E-state index contributed by atoms with van der Waals surface area (Å²) in [4.78, 5) is 5.29. The zero-order valence-electron chi connectivity index (χ0n) is 9.21. The van der Waals surface area contributed by atoms with Gasteiger partial charge in [-0.25, -0.2) is 0 Å². The molecular weight excluding hydrogens is 178 g/mol. The maximum atomic E-state index is 5.75. The molecule has 2 rings (SSSR count). The molecule has 3 heteroatoms. The summed E-state index contributed by atoms with van der Waals surface area (Å²) in [5.41, 5.74) is 3.59. The third-order valence-electron chi connectivity index (χ3n) is 3.81. The summed E-state index contributed by atoms with van der Waals surface area (Å²) in [5, 5.41) is 0. The number of hydrogen-bond donors (Lipinski definition) is 1. The molecule has 2 fully saturated rings. The van der Waals surface area contributed by atoms with Gasteiger partial charge in [0.2, 0.25) is 0 Å². The Bertz CT molecular complexity index is 192. The minimum absolute atomic E-state index is 0.422. The normalized spacial score (nSPS) is 33.9. The predicted molar refractivity (Wildman–Crippen MR) is 54.9 cm³/mol. The number of nitrogens with one attached hydrogen (secondary N) is 1. The summed E-state index contributed by atoms with van der Waals surface area (Å²) in [7, 11) is 0. The Morgan fingerprint density at radius 2 is 2.07 bits per heavy atom. The first kappa shape index (κ1) is 10.4. The summed E-state index contributed by atoms with van der Waals surface area (Å²) in [6.07, 6.45) is 5.58. The highest BCUT2D eigenvalue weighted by Crippen LogP contribution is 2.57. The average Bonchev–Trinajstić information content (AvgIpc) is 2.07. The minimum atomic E-state index is 0.422. The van der Waals surface area contributed by atoms with Gasteiger partial charge in [-0.05, 0) is 33.1 Å². The smallest absolute Gasteiger partial charge is 0.0662 e. The maximum Gasteiger partial charge on any atom is 0.0662 e. The summed E-state index contributed by atoms with van der Waals surface area (Å²) in [6, 6.07) is 0.535. The molecule has 0 aromatic heterocycles. The quantitative estimate of drug-likeness (QED) is 0.686. The second-order valence-electron chi connectivity index (χ2n) is 4.37. The summed E-state index contributed by atoms with van der Waals surface area (Å²) in [6.45, 7) is 5.68. The van der Waals surface area contributed by atoms with Gasteiger partial charge < -0.3 is 9.57 Å². The van der Waals surface area contributed by atoms with E-state index in [2.05, 4.69) is 12.4 Å². The first-order chi connectivity index (χ1) is 6.83. The summed E-state index contributed by atoms with van der Waals surface area (Å²) in [5.74, 6) is 0. The molecule has 0 aromatic carbocycles. The van der Waals surface area contributed by atoms with Crippen LogP contribution in [0.25, 0.3) is 0 Å². The van der Waals surface area contributed by atoms with Gasteiger partial charge in [-0.15, -0.1) is 0 Å². The van der Waals surface area contributed by atoms with Crippen LogP contribution in [0, 0.1) is 5.41 Å². The maximum absolute atomic E-state index is 5.75. The van der Waals surface area contributed by atoms with Crippen molar-refractivity contribution >= 4 is 0 Å². The van der Waals surface area contributed by atoms with E-state index in [0.717, 1.165) is 19.6 Å². The van der Waals surface area contributed by atoms with Crippen LogP contribution in [0.2, 0.25) is 0 Å². The van der Waals surface area contributed by atoms with E-state index >= 15 is 0 Å². The molecule has 1 spiro atoms. The first-order valence-corrected chi connectivity index (χ1v) is 5.82. The van der Waals surface area contributed by atoms with Crippen LogP contribution in [0.3, 0.4) is 0 Å². The van der Waals surface area contributed by atoms with Crippen molar-refractivity contribution in [3.8, 4) is 0 Å². The van der Waals surface area contributed by atoms with Gasteiger partial charge in [0, 0.05) is 18.1 Å². The lowest BCUT2D eigenvalue weighted by Gasteiger charge is -2.60. The van der Waals surface area contributed by atoms with E-state index in [1.54, 1.807) is 0 Å². The van der Waals surface area contributed by atoms with E-state index < -0.39 is 0 Å². The molecule has 2 saturated carbocycles. The lowest BCUT2D eigenvalue weighted by atomic mass is 9.51. The molecule has 0 saturated heterocycles. The van der Waals surface area contributed by atoms with E-state index in [9.17, 15) is 0 Å². The van der Waals surface area contributed by atoms with Crippen LogP contribution in [0.5, 0.6) is 0 Å². The van der Waals surface area contributed by atoms with Gasteiger partial charge in [0.1, 0.15) is 0 Å². The van der Waals surface area contributed by atoms with Gasteiger partial charge in [0.25, 0.3) is 0 Å². The van der Waals surface area contributed by atoms with Gasteiger partial charge >= 0.3 is 0 Å². The number of hydrogen-bond acceptors (Lipinski definition) is 3. The fourth-order valence-electron chi connectivity index (χ4n) is 2.79. The molecule has 2 unspecified atom stereocenters. The standard InChI is InChI=1S/C11H21NO2/c1-3-13-10-8-9(12-14-4-2)11(10)6-5-7-11/h9-10,12H,3-8H2,1-2H3. The van der Waals surface area contributed by atoms with Crippen molar-refractivity contribution in [2.24, 2.45) is 5.41 Å². The molecule has 3 nitrogen and oxygen atoms in total. The van der Waals surface area contributed by atoms with E-state index in [0.29, 0.717) is 17.6 Å². The zero-order chi connectivity index (χ0) is 10.0. The van der Waals surface area contributed by atoms with Crippen LogP contribution < -0.4 is 5.48 Å². The monoisotopic (exact) mass is 199 g/mol. The van der Waals surface area contributed by atoms with E-state index in [1.807, 2.05) is 6.92 Å². The average molecular weight is 199 g/mol. The number of rotatable bonds is 5. The molecule has 0 amide bonds. The van der Waals surface area contributed by atoms with Gasteiger partial charge in [-0.2, -0.15) is 5.48 Å². The van der Waals surface area contributed by atoms with Gasteiger partial charge in [-0.1, -0.05) is 6.42 Å². The molecule has 2 aliphatic rings. The van der Waals surface area contributed by atoms with Crippen LogP contribution in [0.4, 0.5) is 0 Å². The van der Waals surface area contributed by atoms with Crippen LogP contribution in [0.1, 0.15) is 39.5 Å². The minimum Gasteiger partial charge on any atom is -0.378 e. The SMILES string of the molecule is CCONC1CC(OCC)C12CCC2. The van der Waals surface area contributed by atoms with Crippen molar-refractivity contribution in [2.45, 2.75) is 51.7 Å². The Labute approximate surface area is 86.1 Å². The van der Waals surface area contributed by atoms with Crippen LogP contribution in [-0.2, 0) is 9.57 Å². The van der Waals surface area contributed by atoms with E-state index in [1.165, 1.54) is 19.3 Å². The van der Waals surface area contributed by atoms with E-state index in [-0.39, 0.29) is 0 Å². The highest BCUT2D eigenvalue weighted by Gasteiger charge is 2.59. The van der Waals surface area contributed by atoms with E-state index in [4.69, 9.17) is 9.57 Å². The third kappa shape index (κ3) is 1.47. The Balaban J connectivity index is 1.84. The van der Waals surface area contributed by atoms with Crippen molar-refractivity contribution in [3.63, 3.8) is 0 Å². The van der Waals surface area contributed by atoms with Crippen LogP contribution >= 0.6 is 0 Å². The summed E-state index contributed by atoms with van der Waals surface area (Å²) < 4.78 is 5.75. The second-order valence-corrected chi connectivity index (χ2v) is 4.37. The van der Waals surface area contributed by atoms with Crippen molar-refractivity contribution < 1.29 is 9.57 Å². The largest absolute Gasteiger partial charge is 0.378 e. The Morgan fingerprint density at radius 3 is 2.57 bits per heavy atom.